The molecular weight excluding hydrogens is 252 g/mol. The fraction of sp³-hybridized carbons (Fsp3) is 0. The number of benzene rings is 3. The van der Waals surface area contributed by atoms with Crippen molar-refractivity contribution in [2.75, 3.05) is 0 Å². The van der Waals surface area contributed by atoms with Crippen LogP contribution in [0.4, 0.5) is 0 Å². The summed E-state index contributed by atoms with van der Waals surface area (Å²) in [6, 6.07) is 24.6. The summed E-state index contributed by atoms with van der Waals surface area (Å²) < 4.78 is 0. The molecule has 0 nitrogen and oxygen atoms in total. The maximum atomic E-state index is 6.48. The average Bonchev–Trinajstić information content (AvgIpc) is 2.47. The van der Waals surface area contributed by atoms with Gasteiger partial charge in [-0.15, -0.1) is 0 Å². The molecule has 0 saturated carbocycles. The molecule has 0 bridgehead atoms. The lowest BCUT2D eigenvalue weighted by Crippen LogP contribution is -1.81. The van der Waals surface area contributed by atoms with Gasteiger partial charge in [0, 0.05) is 10.6 Å². The first-order valence-electron chi connectivity index (χ1n) is 6.25. The van der Waals surface area contributed by atoms with Gasteiger partial charge in [-0.3, -0.25) is 0 Å². The third-order valence-corrected chi connectivity index (χ3v) is 3.45. The number of hydrogen-bond acceptors (Lipinski definition) is 0. The maximum absolute atomic E-state index is 6.48. The number of fused-ring (bicyclic) bond motifs is 1. The van der Waals surface area contributed by atoms with E-state index in [9.17, 15) is 0 Å². The van der Waals surface area contributed by atoms with E-state index in [0.29, 0.717) is 0 Å². The van der Waals surface area contributed by atoms with Crippen LogP contribution >= 0.6 is 11.6 Å². The Hall–Kier alpha value is -2.05. The zero-order valence-electron chi connectivity index (χ0n) is 10.4. The van der Waals surface area contributed by atoms with Crippen LogP contribution in [0, 0.1) is 0 Å². The van der Waals surface area contributed by atoms with Crippen LogP contribution in [-0.4, -0.2) is 0 Å². The van der Waals surface area contributed by atoms with E-state index >= 15 is 0 Å². The average molecular weight is 265 g/mol. The quantitative estimate of drug-likeness (QED) is 0.530. The normalized spacial score (nSPS) is 11.7. The summed E-state index contributed by atoms with van der Waals surface area (Å²) in [6.45, 7) is 0. The van der Waals surface area contributed by atoms with Crippen LogP contribution < -0.4 is 0 Å². The largest absolute Gasteiger partial charge is 0.0836 e. The SMILES string of the molecule is ClC(=Cc1ccccc1)c1cccc2ccccc12. The lowest BCUT2D eigenvalue weighted by molar-refractivity contribution is 1.66. The number of rotatable bonds is 2. The molecule has 0 unspecified atom stereocenters. The second-order valence-electron chi connectivity index (χ2n) is 4.43. The van der Waals surface area contributed by atoms with E-state index in [1.165, 1.54) is 10.8 Å². The highest BCUT2D eigenvalue weighted by atomic mass is 35.5. The van der Waals surface area contributed by atoms with E-state index in [4.69, 9.17) is 11.6 Å². The molecule has 3 aromatic rings. The molecule has 0 amide bonds. The predicted molar refractivity (Wildman–Crippen MR) is 84.1 cm³/mol. The fourth-order valence-corrected chi connectivity index (χ4v) is 2.50. The zero-order valence-corrected chi connectivity index (χ0v) is 11.1. The predicted octanol–water partition coefficient (Wildman–Crippen LogP) is 5.58. The first-order chi connectivity index (χ1) is 9.34. The molecule has 0 aliphatic carbocycles. The molecule has 3 aromatic carbocycles. The van der Waals surface area contributed by atoms with Gasteiger partial charge in [-0.25, -0.2) is 0 Å². The monoisotopic (exact) mass is 264 g/mol. The molecule has 0 spiro atoms. The van der Waals surface area contributed by atoms with Crippen LogP contribution in [-0.2, 0) is 0 Å². The molecule has 0 N–H and O–H groups in total. The van der Waals surface area contributed by atoms with E-state index in [1.807, 2.05) is 54.6 Å². The Morgan fingerprint density at radius 3 is 2.26 bits per heavy atom. The molecule has 0 radical (unpaired) electrons. The fourth-order valence-electron chi connectivity index (χ4n) is 2.21. The van der Waals surface area contributed by atoms with Crippen LogP contribution in [0.5, 0.6) is 0 Å². The van der Waals surface area contributed by atoms with Crippen molar-refractivity contribution in [3.63, 3.8) is 0 Å². The Morgan fingerprint density at radius 1 is 0.737 bits per heavy atom. The van der Waals surface area contributed by atoms with Crippen molar-refractivity contribution in [1.82, 2.24) is 0 Å². The maximum Gasteiger partial charge on any atom is 0.0490 e. The summed E-state index contributed by atoms with van der Waals surface area (Å²) >= 11 is 6.48. The van der Waals surface area contributed by atoms with E-state index < -0.39 is 0 Å². The minimum Gasteiger partial charge on any atom is -0.0836 e. The van der Waals surface area contributed by atoms with Crippen molar-refractivity contribution in [2.24, 2.45) is 0 Å². The molecule has 0 saturated heterocycles. The summed E-state index contributed by atoms with van der Waals surface area (Å²) in [5.41, 5.74) is 2.18. The summed E-state index contributed by atoms with van der Waals surface area (Å²) in [6.07, 6.45) is 2.00. The Morgan fingerprint density at radius 2 is 1.42 bits per heavy atom. The Labute approximate surface area is 118 Å². The minimum absolute atomic E-state index is 0.767. The van der Waals surface area contributed by atoms with Crippen LogP contribution in [0.25, 0.3) is 21.9 Å². The first kappa shape index (κ1) is 12.0. The van der Waals surface area contributed by atoms with Gasteiger partial charge in [-0.2, -0.15) is 0 Å². The van der Waals surface area contributed by atoms with E-state index in [-0.39, 0.29) is 0 Å². The van der Waals surface area contributed by atoms with Crippen molar-refractivity contribution in [1.29, 1.82) is 0 Å². The molecule has 19 heavy (non-hydrogen) atoms. The second kappa shape index (κ2) is 5.29. The highest BCUT2D eigenvalue weighted by molar-refractivity contribution is 6.52. The van der Waals surface area contributed by atoms with Crippen LogP contribution in [0.3, 0.4) is 0 Å². The lowest BCUT2D eigenvalue weighted by atomic mass is 10.0. The van der Waals surface area contributed by atoms with Gasteiger partial charge in [0.25, 0.3) is 0 Å². The van der Waals surface area contributed by atoms with Gasteiger partial charge in [-0.05, 0) is 22.4 Å². The van der Waals surface area contributed by atoms with Crippen molar-refractivity contribution < 1.29 is 0 Å². The van der Waals surface area contributed by atoms with E-state index in [1.54, 1.807) is 0 Å². The first-order valence-corrected chi connectivity index (χ1v) is 6.63. The molecule has 0 aliphatic heterocycles. The summed E-state index contributed by atoms with van der Waals surface area (Å²) in [5.74, 6) is 0. The van der Waals surface area contributed by atoms with Crippen molar-refractivity contribution in [3.05, 3.63) is 83.9 Å². The molecule has 0 aliphatic rings. The van der Waals surface area contributed by atoms with Gasteiger partial charge in [0.2, 0.25) is 0 Å². The highest BCUT2D eigenvalue weighted by Crippen LogP contribution is 2.29. The molecule has 3 rings (SSSR count). The Balaban J connectivity index is 2.12. The molecule has 0 aromatic heterocycles. The molecular formula is C18H13Cl. The Kier molecular flexibility index (Phi) is 3.35. The molecule has 0 heterocycles. The van der Waals surface area contributed by atoms with Crippen LogP contribution in [0.15, 0.2) is 72.8 Å². The van der Waals surface area contributed by atoms with Gasteiger partial charge in [0.1, 0.15) is 0 Å². The van der Waals surface area contributed by atoms with Gasteiger partial charge >= 0.3 is 0 Å². The van der Waals surface area contributed by atoms with Crippen LogP contribution in [0.1, 0.15) is 11.1 Å². The molecule has 1 heteroatoms. The third kappa shape index (κ3) is 2.54. The summed E-state index contributed by atoms with van der Waals surface area (Å²) in [4.78, 5) is 0. The smallest absolute Gasteiger partial charge is 0.0490 e. The molecule has 0 atom stereocenters. The van der Waals surface area contributed by atoms with Gasteiger partial charge < -0.3 is 0 Å². The van der Waals surface area contributed by atoms with Crippen molar-refractivity contribution in [3.8, 4) is 0 Å². The van der Waals surface area contributed by atoms with E-state index in [0.717, 1.165) is 16.2 Å². The van der Waals surface area contributed by atoms with Crippen molar-refractivity contribution >= 4 is 33.5 Å². The molecule has 0 fully saturated rings. The topological polar surface area (TPSA) is 0 Å². The van der Waals surface area contributed by atoms with Gasteiger partial charge in [-0.1, -0.05) is 84.4 Å². The zero-order chi connectivity index (χ0) is 13.1. The van der Waals surface area contributed by atoms with E-state index in [2.05, 4.69) is 24.3 Å². The third-order valence-electron chi connectivity index (χ3n) is 3.14. The van der Waals surface area contributed by atoms with Crippen molar-refractivity contribution in [2.45, 2.75) is 0 Å². The summed E-state index contributed by atoms with van der Waals surface area (Å²) in [5, 5.41) is 3.16. The second-order valence-corrected chi connectivity index (χ2v) is 4.84. The lowest BCUT2D eigenvalue weighted by Gasteiger charge is -2.05. The minimum atomic E-state index is 0.767. The van der Waals surface area contributed by atoms with Gasteiger partial charge in [0.05, 0.1) is 0 Å². The summed E-state index contributed by atoms with van der Waals surface area (Å²) in [7, 11) is 0. The highest BCUT2D eigenvalue weighted by Gasteiger charge is 2.03. The number of hydrogen-bond donors (Lipinski definition) is 0. The number of halogens is 1. The standard InChI is InChI=1S/C18H13Cl/c19-18(13-14-7-2-1-3-8-14)17-12-6-10-15-9-4-5-11-16(15)17/h1-13H. The van der Waals surface area contributed by atoms with Gasteiger partial charge in [0.15, 0.2) is 0 Å². The molecule has 92 valence electrons. The van der Waals surface area contributed by atoms with Crippen LogP contribution in [0.2, 0.25) is 0 Å². The Bertz CT molecular complexity index is 722.